The summed E-state index contributed by atoms with van der Waals surface area (Å²) >= 11 is 0. The fourth-order valence-electron chi connectivity index (χ4n) is 0.995. The molecule has 0 amide bonds. The summed E-state index contributed by atoms with van der Waals surface area (Å²) < 4.78 is 4.80. The lowest BCUT2D eigenvalue weighted by Gasteiger charge is -2.21. The molecule has 0 aliphatic rings. The van der Waals surface area contributed by atoms with Gasteiger partial charge in [0, 0.05) is 6.04 Å². The smallest absolute Gasteiger partial charge is 0.325 e. The van der Waals surface area contributed by atoms with E-state index in [9.17, 15) is 9.90 Å². The molecular formula is C9H19NO3. The molecule has 4 nitrogen and oxygen atoms in total. The summed E-state index contributed by atoms with van der Waals surface area (Å²) in [5.41, 5.74) is 0. The first-order valence-electron chi connectivity index (χ1n) is 4.59. The van der Waals surface area contributed by atoms with Gasteiger partial charge in [0.05, 0.1) is 12.7 Å². The second kappa shape index (κ2) is 5.94. The van der Waals surface area contributed by atoms with Crippen molar-refractivity contribution in [3.63, 3.8) is 0 Å². The van der Waals surface area contributed by atoms with Crippen LogP contribution in [0.2, 0.25) is 0 Å². The summed E-state index contributed by atoms with van der Waals surface area (Å²) in [6.45, 7) is 7.47. The number of carbonyl (C=O) groups excluding carboxylic acids is 1. The molecule has 0 aromatic rings. The van der Waals surface area contributed by atoms with Crippen LogP contribution in [0.3, 0.4) is 0 Å². The van der Waals surface area contributed by atoms with Crippen molar-refractivity contribution >= 4 is 5.97 Å². The van der Waals surface area contributed by atoms with E-state index in [1.807, 2.05) is 13.8 Å². The SMILES string of the molecule is CCOC(=O)[C@@H](NC(C)C)[C@@H](C)O. The van der Waals surface area contributed by atoms with E-state index in [0.29, 0.717) is 6.61 Å². The predicted octanol–water partition coefficient (Wildman–Crippen LogP) is 0.297. The van der Waals surface area contributed by atoms with Gasteiger partial charge in [0.15, 0.2) is 0 Å². The van der Waals surface area contributed by atoms with Crippen LogP contribution in [0, 0.1) is 0 Å². The van der Waals surface area contributed by atoms with Crippen LogP contribution in [0.4, 0.5) is 0 Å². The molecule has 0 spiro atoms. The molecule has 0 aliphatic heterocycles. The van der Waals surface area contributed by atoms with Crippen molar-refractivity contribution in [1.29, 1.82) is 0 Å². The number of hydrogen-bond acceptors (Lipinski definition) is 4. The first kappa shape index (κ1) is 12.4. The highest BCUT2D eigenvalue weighted by atomic mass is 16.5. The molecule has 78 valence electrons. The first-order valence-corrected chi connectivity index (χ1v) is 4.59. The first-order chi connectivity index (χ1) is 5.99. The Bertz CT molecular complexity index is 157. The molecule has 0 radical (unpaired) electrons. The van der Waals surface area contributed by atoms with E-state index in [1.165, 1.54) is 0 Å². The third-order valence-electron chi connectivity index (χ3n) is 1.54. The lowest BCUT2D eigenvalue weighted by atomic mass is 10.1. The molecule has 2 atom stereocenters. The van der Waals surface area contributed by atoms with Crippen molar-refractivity contribution in [2.24, 2.45) is 0 Å². The van der Waals surface area contributed by atoms with Crippen LogP contribution >= 0.6 is 0 Å². The summed E-state index contributed by atoms with van der Waals surface area (Å²) in [6, 6.07) is -0.482. The molecule has 13 heavy (non-hydrogen) atoms. The van der Waals surface area contributed by atoms with Gasteiger partial charge in [-0.3, -0.25) is 4.79 Å². The molecule has 0 fully saturated rings. The van der Waals surface area contributed by atoms with Crippen LogP contribution in [0.15, 0.2) is 0 Å². The Morgan fingerprint density at radius 2 is 2.00 bits per heavy atom. The van der Waals surface area contributed by atoms with Crippen molar-refractivity contribution in [3.05, 3.63) is 0 Å². The van der Waals surface area contributed by atoms with Crippen molar-refractivity contribution in [1.82, 2.24) is 5.32 Å². The van der Waals surface area contributed by atoms with Crippen LogP contribution in [0.25, 0.3) is 0 Å². The fraction of sp³-hybridized carbons (Fsp3) is 0.889. The summed E-state index contributed by atoms with van der Waals surface area (Å²) in [5, 5.41) is 12.2. The highest BCUT2D eigenvalue weighted by molar-refractivity contribution is 5.76. The van der Waals surface area contributed by atoms with E-state index in [0.717, 1.165) is 0 Å². The Morgan fingerprint density at radius 1 is 1.46 bits per heavy atom. The number of nitrogens with one attached hydrogen (secondary N) is 1. The van der Waals surface area contributed by atoms with Crippen LogP contribution < -0.4 is 5.32 Å². The van der Waals surface area contributed by atoms with Gasteiger partial charge in [0.1, 0.15) is 6.04 Å². The minimum atomic E-state index is -0.735. The van der Waals surface area contributed by atoms with Gasteiger partial charge >= 0.3 is 5.97 Å². The van der Waals surface area contributed by atoms with Crippen molar-refractivity contribution in [3.8, 4) is 0 Å². The molecule has 0 aromatic carbocycles. The number of esters is 1. The van der Waals surface area contributed by atoms with Gasteiger partial charge in [-0.1, -0.05) is 13.8 Å². The summed E-state index contributed by atoms with van der Waals surface area (Å²) in [4.78, 5) is 11.3. The van der Waals surface area contributed by atoms with E-state index in [-0.39, 0.29) is 6.04 Å². The van der Waals surface area contributed by atoms with Gasteiger partial charge in [0.2, 0.25) is 0 Å². The minimum absolute atomic E-state index is 0.143. The lowest BCUT2D eigenvalue weighted by Crippen LogP contribution is -2.48. The maximum atomic E-state index is 11.3. The summed E-state index contributed by atoms with van der Waals surface area (Å²) in [6.07, 6.45) is -0.735. The average Bonchev–Trinajstić information content (AvgIpc) is 1.99. The maximum absolute atomic E-state index is 11.3. The Hall–Kier alpha value is -0.610. The summed E-state index contributed by atoms with van der Waals surface area (Å²) in [5.74, 6) is -0.397. The Balaban J connectivity index is 4.15. The topological polar surface area (TPSA) is 58.6 Å². The number of aliphatic hydroxyl groups is 1. The van der Waals surface area contributed by atoms with Crippen molar-refractivity contribution < 1.29 is 14.6 Å². The molecule has 0 unspecified atom stereocenters. The van der Waals surface area contributed by atoms with Gasteiger partial charge in [0.25, 0.3) is 0 Å². The standard InChI is InChI=1S/C9H19NO3/c1-5-13-9(12)8(7(4)11)10-6(2)3/h6-8,10-11H,5H2,1-4H3/t7-,8+/m1/s1. The third kappa shape index (κ3) is 4.85. The van der Waals surface area contributed by atoms with Gasteiger partial charge < -0.3 is 15.2 Å². The van der Waals surface area contributed by atoms with E-state index in [4.69, 9.17) is 4.74 Å². The van der Waals surface area contributed by atoms with Crippen LogP contribution in [-0.4, -0.2) is 35.9 Å². The molecule has 0 rings (SSSR count). The van der Waals surface area contributed by atoms with E-state index in [2.05, 4.69) is 5.32 Å². The van der Waals surface area contributed by atoms with E-state index in [1.54, 1.807) is 13.8 Å². The van der Waals surface area contributed by atoms with Gasteiger partial charge in [-0.25, -0.2) is 0 Å². The lowest BCUT2D eigenvalue weighted by molar-refractivity contribution is -0.148. The van der Waals surface area contributed by atoms with Gasteiger partial charge in [-0.05, 0) is 13.8 Å². The monoisotopic (exact) mass is 189 g/mol. The van der Waals surface area contributed by atoms with Crippen molar-refractivity contribution in [2.75, 3.05) is 6.61 Å². The number of ether oxygens (including phenoxy) is 1. The van der Waals surface area contributed by atoms with E-state index >= 15 is 0 Å². The number of carbonyl (C=O) groups is 1. The highest BCUT2D eigenvalue weighted by Crippen LogP contribution is 1.98. The second-order valence-corrected chi connectivity index (χ2v) is 3.29. The zero-order valence-corrected chi connectivity index (χ0v) is 8.70. The van der Waals surface area contributed by atoms with Crippen LogP contribution in [0.5, 0.6) is 0 Å². The minimum Gasteiger partial charge on any atom is -0.465 e. The Kier molecular flexibility index (Phi) is 5.66. The molecule has 0 saturated heterocycles. The molecule has 0 aliphatic carbocycles. The number of hydrogen-bond donors (Lipinski definition) is 2. The van der Waals surface area contributed by atoms with E-state index < -0.39 is 18.1 Å². The van der Waals surface area contributed by atoms with Crippen LogP contribution in [-0.2, 0) is 9.53 Å². The molecular weight excluding hydrogens is 170 g/mol. The Morgan fingerprint density at radius 3 is 2.31 bits per heavy atom. The molecule has 2 N–H and O–H groups in total. The zero-order valence-electron chi connectivity index (χ0n) is 8.70. The van der Waals surface area contributed by atoms with Gasteiger partial charge in [-0.2, -0.15) is 0 Å². The largest absolute Gasteiger partial charge is 0.465 e. The molecule has 0 saturated carbocycles. The average molecular weight is 189 g/mol. The molecule has 4 heteroatoms. The third-order valence-corrected chi connectivity index (χ3v) is 1.54. The fourth-order valence-corrected chi connectivity index (χ4v) is 0.995. The normalized spacial score (nSPS) is 15.5. The molecule has 0 heterocycles. The quantitative estimate of drug-likeness (QED) is 0.611. The number of aliphatic hydroxyl groups excluding tert-OH is 1. The van der Waals surface area contributed by atoms with Crippen LogP contribution in [0.1, 0.15) is 27.7 Å². The Labute approximate surface area is 79.3 Å². The van der Waals surface area contributed by atoms with Gasteiger partial charge in [-0.15, -0.1) is 0 Å². The molecule has 0 bridgehead atoms. The van der Waals surface area contributed by atoms with Crippen molar-refractivity contribution in [2.45, 2.75) is 45.9 Å². The summed E-state index contributed by atoms with van der Waals surface area (Å²) in [7, 11) is 0. The maximum Gasteiger partial charge on any atom is 0.325 e. The zero-order chi connectivity index (χ0) is 10.4. The molecule has 0 aromatic heterocycles. The highest BCUT2D eigenvalue weighted by Gasteiger charge is 2.24. The second-order valence-electron chi connectivity index (χ2n) is 3.29. The predicted molar refractivity (Wildman–Crippen MR) is 50.4 cm³/mol. The number of rotatable bonds is 5.